The third kappa shape index (κ3) is 3.45. The van der Waals surface area contributed by atoms with E-state index >= 15 is 0 Å². The second-order valence-corrected chi connectivity index (χ2v) is 7.57. The van der Waals surface area contributed by atoms with Crippen LogP contribution >= 0.6 is 11.3 Å². The molecule has 0 saturated carbocycles. The minimum Gasteiger partial charge on any atom is -0.454 e. The number of ether oxygens (including phenoxy) is 2. The molecule has 4 rings (SSSR count). The quantitative estimate of drug-likeness (QED) is 0.726. The molecule has 0 bridgehead atoms. The van der Waals surface area contributed by atoms with Gasteiger partial charge in [0.25, 0.3) is 5.91 Å². The molecule has 0 spiro atoms. The second kappa shape index (κ2) is 7.13. The molecule has 1 aliphatic rings. The molecule has 6 nitrogen and oxygen atoms in total. The fraction of sp³-hybridized carbons (Fsp3) is 0.263. The van der Waals surface area contributed by atoms with E-state index in [9.17, 15) is 9.18 Å². The van der Waals surface area contributed by atoms with Gasteiger partial charge in [-0.05, 0) is 12.1 Å². The number of nitrogens with zero attached hydrogens (tertiary/aromatic N) is 2. The van der Waals surface area contributed by atoms with Crippen LogP contribution in [-0.4, -0.2) is 44.9 Å². The van der Waals surface area contributed by atoms with E-state index in [0.29, 0.717) is 29.7 Å². The summed E-state index contributed by atoms with van der Waals surface area (Å²) in [5, 5.41) is 0.531. The van der Waals surface area contributed by atoms with Crippen LogP contribution in [0.15, 0.2) is 36.4 Å². The Labute approximate surface area is 159 Å². The minimum atomic E-state index is -0.536. The minimum absolute atomic E-state index is 0.0414. The van der Waals surface area contributed by atoms with Crippen LogP contribution < -0.4 is 19.3 Å². The van der Waals surface area contributed by atoms with Crippen LogP contribution in [-0.2, 0) is 0 Å². The molecule has 0 saturated heterocycles. The molecular weight excluding hydrogens is 369 g/mol. The highest BCUT2D eigenvalue weighted by Crippen LogP contribution is 2.40. The molecule has 0 fully saturated rings. The van der Waals surface area contributed by atoms with E-state index in [-0.39, 0.29) is 12.4 Å². The van der Waals surface area contributed by atoms with Gasteiger partial charge in [0.1, 0.15) is 5.82 Å². The van der Waals surface area contributed by atoms with Crippen molar-refractivity contribution < 1.29 is 23.6 Å². The molecule has 0 unspecified atom stereocenters. The van der Waals surface area contributed by atoms with Crippen LogP contribution in [0.2, 0.25) is 0 Å². The van der Waals surface area contributed by atoms with Crippen LogP contribution in [0.1, 0.15) is 10.4 Å². The molecule has 0 atom stereocenters. The van der Waals surface area contributed by atoms with Gasteiger partial charge in [0, 0.05) is 12.1 Å². The Kier molecular flexibility index (Phi) is 4.67. The number of hydrogen-bond donors (Lipinski definition) is 1. The molecule has 0 radical (unpaired) electrons. The van der Waals surface area contributed by atoms with Crippen molar-refractivity contribution >= 4 is 32.6 Å². The lowest BCUT2D eigenvalue weighted by atomic mass is 10.2. The van der Waals surface area contributed by atoms with Gasteiger partial charge in [0.15, 0.2) is 16.6 Å². The zero-order chi connectivity index (χ0) is 19.0. The summed E-state index contributed by atoms with van der Waals surface area (Å²) in [6.07, 6.45) is 0. The summed E-state index contributed by atoms with van der Waals surface area (Å²) in [4.78, 5) is 20.4. The molecule has 0 aliphatic carbocycles. The summed E-state index contributed by atoms with van der Waals surface area (Å²) in [6.45, 7) is 1.34. The van der Waals surface area contributed by atoms with E-state index in [2.05, 4.69) is 4.98 Å². The highest BCUT2D eigenvalue weighted by atomic mass is 32.1. The number of benzene rings is 2. The molecular formula is C19H19FN3O3S+. The highest BCUT2D eigenvalue weighted by Gasteiger charge is 2.25. The molecule has 1 amide bonds. The molecule has 2 heterocycles. The van der Waals surface area contributed by atoms with Crippen molar-refractivity contribution in [2.24, 2.45) is 0 Å². The average molecular weight is 388 g/mol. The first-order chi connectivity index (χ1) is 13.0. The predicted molar refractivity (Wildman–Crippen MR) is 101 cm³/mol. The van der Waals surface area contributed by atoms with Gasteiger partial charge in [-0.15, -0.1) is 0 Å². The molecule has 3 aromatic rings. The van der Waals surface area contributed by atoms with Crippen molar-refractivity contribution in [1.29, 1.82) is 0 Å². The summed E-state index contributed by atoms with van der Waals surface area (Å²) in [5.41, 5.74) is 0.766. The topological polar surface area (TPSA) is 56.1 Å². The maximum Gasteiger partial charge on any atom is 0.263 e. The van der Waals surface area contributed by atoms with Gasteiger partial charge in [0.05, 0.1) is 43.0 Å². The molecule has 27 heavy (non-hydrogen) atoms. The van der Waals surface area contributed by atoms with Crippen molar-refractivity contribution in [3.05, 3.63) is 47.8 Å². The number of hydrogen-bond acceptors (Lipinski definition) is 5. The SMILES string of the molecule is C[NH+](C)CCN(C(=O)c1ccccc1F)c1nc2cc3c(cc2s1)OCO3. The number of quaternary nitrogens is 1. The number of halogens is 1. The Balaban J connectivity index is 1.73. The van der Waals surface area contributed by atoms with Crippen molar-refractivity contribution in [3.8, 4) is 11.5 Å². The Morgan fingerprint density at radius 2 is 2.00 bits per heavy atom. The fourth-order valence-electron chi connectivity index (χ4n) is 2.82. The van der Waals surface area contributed by atoms with Crippen molar-refractivity contribution in [2.75, 3.05) is 38.9 Å². The van der Waals surface area contributed by atoms with Crippen LogP contribution in [0.5, 0.6) is 11.5 Å². The lowest BCUT2D eigenvalue weighted by Gasteiger charge is -2.20. The van der Waals surface area contributed by atoms with Crippen LogP contribution in [0.25, 0.3) is 10.2 Å². The van der Waals surface area contributed by atoms with Crippen molar-refractivity contribution in [1.82, 2.24) is 4.98 Å². The number of aromatic nitrogens is 1. The van der Waals surface area contributed by atoms with E-state index < -0.39 is 11.7 Å². The Morgan fingerprint density at radius 1 is 1.26 bits per heavy atom. The third-order valence-corrected chi connectivity index (χ3v) is 5.33. The number of fused-ring (bicyclic) bond motifs is 2. The third-order valence-electron chi connectivity index (χ3n) is 4.29. The molecule has 8 heteroatoms. The molecule has 1 N–H and O–H groups in total. The van der Waals surface area contributed by atoms with Gasteiger partial charge in [-0.1, -0.05) is 23.5 Å². The lowest BCUT2D eigenvalue weighted by molar-refractivity contribution is -0.856. The van der Waals surface area contributed by atoms with Crippen LogP contribution in [0.4, 0.5) is 9.52 Å². The Bertz CT molecular complexity index is 964. The van der Waals surface area contributed by atoms with E-state index in [1.807, 2.05) is 20.2 Å². The maximum absolute atomic E-state index is 14.2. The summed E-state index contributed by atoms with van der Waals surface area (Å²) >= 11 is 1.38. The van der Waals surface area contributed by atoms with Gasteiger partial charge in [-0.3, -0.25) is 9.69 Å². The fourth-order valence-corrected chi connectivity index (χ4v) is 3.82. The van der Waals surface area contributed by atoms with Crippen LogP contribution in [0.3, 0.4) is 0 Å². The predicted octanol–water partition coefficient (Wildman–Crippen LogP) is 1.96. The van der Waals surface area contributed by atoms with E-state index in [1.54, 1.807) is 23.1 Å². The van der Waals surface area contributed by atoms with Crippen molar-refractivity contribution in [3.63, 3.8) is 0 Å². The average Bonchev–Trinajstić information content (AvgIpc) is 3.25. The normalized spacial score (nSPS) is 12.7. The first-order valence-corrected chi connectivity index (χ1v) is 9.40. The van der Waals surface area contributed by atoms with Gasteiger partial charge >= 0.3 is 0 Å². The van der Waals surface area contributed by atoms with Gasteiger partial charge in [-0.25, -0.2) is 9.37 Å². The maximum atomic E-state index is 14.2. The van der Waals surface area contributed by atoms with Crippen molar-refractivity contribution in [2.45, 2.75) is 0 Å². The number of nitrogens with one attached hydrogen (secondary N) is 1. The second-order valence-electron chi connectivity index (χ2n) is 6.56. The van der Waals surface area contributed by atoms with Gasteiger partial charge in [0.2, 0.25) is 6.79 Å². The number of amides is 1. The number of carbonyl (C=O) groups excluding carboxylic acids is 1. The zero-order valence-corrected chi connectivity index (χ0v) is 15.8. The molecule has 1 aromatic heterocycles. The first-order valence-electron chi connectivity index (χ1n) is 8.58. The van der Waals surface area contributed by atoms with Gasteiger partial charge in [-0.2, -0.15) is 0 Å². The summed E-state index contributed by atoms with van der Waals surface area (Å²) in [6, 6.07) is 9.68. The summed E-state index contributed by atoms with van der Waals surface area (Å²) in [5.74, 6) is 0.381. The molecule has 140 valence electrons. The smallest absolute Gasteiger partial charge is 0.263 e. The first kappa shape index (κ1) is 17.7. The highest BCUT2D eigenvalue weighted by molar-refractivity contribution is 7.22. The summed E-state index contributed by atoms with van der Waals surface area (Å²) in [7, 11) is 4.01. The Hall–Kier alpha value is -2.71. The number of carbonyl (C=O) groups is 1. The van der Waals surface area contributed by atoms with E-state index in [1.165, 1.54) is 28.4 Å². The monoisotopic (exact) mass is 388 g/mol. The number of thiazole rings is 1. The summed E-state index contributed by atoms with van der Waals surface area (Å²) < 4.78 is 25.9. The number of likely N-dealkylation sites (N-methyl/N-ethyl adjacent to an activating group) is 1. The van der Waals surface area contributed by atoms with Crippen LogP contribution in [0, 0.1) is 5.82 Å². The largest absolute Gasteiger partial charge is 0.454 e. The lowest BCUT2D eigenvalue weighted by Crippen LogP contribution is -3.06. The number of rotatable bonds is 5. The molecule has 1 aliphatic heterocycles. The molecule has 2 aromatic carbocycles. The Morgan fingerprint density at radius 3 is 2.74 bits per heavy atom. The standard InChI is InChI=1S/C19H18FN3O3S/c1-22(2)7-8-23(18(24)12-5-3-4-6-13(12)20)19-21-14-9-15-16(26-11-25-15)10-17(14)27-19/h3-6,9-10H,7-8,11H2,1-2H3/p+1. The van der Waals surface area contributed by atoms with Gasteiger partial charge < -0.3 is 14.4 Å². The zero-order valence-electron chi connectivity index (χ0n) is 15.0. The number of anilines is 1. The van der Waals surface area contributed by atoms with E-state index in [0.717, 1.165) is 10.2 Å². The van der Waals surface area contributed by atoms with E-state index in [4.69, 9.17) is 9.47 Å².